The Bertz CT molecular complexity index is 856. The summed E-state index contributed by atoms with van der Waals surface area (Å²) in [5.41, 5.74) is 3.35. The number of nitrogens with one attached hydrogen (secondary N) is 1. The number of thioether (sulfide) groups is 1. The molecule has 0 aliphatic heterocycles. The fraction of sp³-hybridized carbons (Fsp3) is 0.440. The minimum Gasteiger partial charge on any atom is -0.497 e. The molecule has 6 heteroatoms. The second-order valence-electron chi connectivity index (χ2n) is 7.57. The van der Waals surface area contributed by atoms with Crippen molar-refractivity contribution in [3.05, 3.63) is 65.2 Å². The molecule has 2 rings (SSSR count). The van der Waals surface area contributed by atoms with Crippen LogP contribution in [0.15, 0.2) is 48.5 Å². The molecule has 0 aromatic heterocycles. The number of rotatable bonds is 12. The maximum absolute atomic E-state index is 13.2. The average Bonchev–Trinajstić information content (AvgIpc) is 2.77. The van der Waals surface area contributed by atoms with Gasteiger partial charge in [0.2, 0.25) is 11.8 Å². The van der Waals surface area contributed by atoms with Crippen LogP contribution < -0.4 is 10.1 Å². The number of nitrogens with zero attached hydrogens (tertiary/aromatic N) is 1. The Morgan fingerprint density at radius 2 is 1.84 bits per heavy atom. The third kappa shape index (κ3) is 7.94. The van der Waals surface area contributed by atoms with Crippen molar-refractivity contribution in [3.8, 4) is 5.75 Å². The van der Waals surface area contributed by atoms with Gasteiger partial charge in [-0.3, -0.25) is 9.59 Å². The third-order valence-corrected chi connectivity index (χ3v) is 5.99. The quantitative estimate of drug-likeness (QED) is 0.523. The number of hydrogen-bond acceptors (Lipinski definition) is 4. The molecule has 1 N–H and O–H groups in total. The molecule has 168 valence electrons. The molecule has 1 atom stereocenters. The molecule has 0 fully saturated rings. The van der Waals surface area contributed by atoms with Gasteiger partial charge >= 0.3 is 0 Å². The van der Waals surface area contributed by atoms with Gasteiger partial charge in [0.15, 0.2) is 0 Å². The lowest BCUT2D eigenvalue weighted by Gasteiger charge is -2.30. The van der Waals surface area contributed by atoms with Gasteiger partial charge in [-0.25, -0.2) is 0 Å². The topological polar surface area (TPSA) is 58.6 Å². The molecule has 2 aromatic rings. The minimum atomic E-state index is -0.496. The third-order valence-electron chi connectivity index (χ3n) is 5.00. The van der Waals surface area contributed by atoms with E-state index < -0.39 is 6.04 Å². The zero-order valence-corrected chi connectivity index (χ0v) is 19.8. The van der Waals surface area contributed by atoms with E-state index in [1.54, 1.807) is 23.8 Å². The molecule has 0 saturated carbocycles. The van der Waals surface area contributed by atoms with E-state index in [0.29, 0.717) is 25.3 Å². The molecular weight excluding hydrogens is 408 g/mol. The van der Waals surface area contributed by atoms with E-state index in [1.807, 2.05) is 44.2 Å². The molecule has 2 aromatic carbocycles. The SMILES string of the molecule is CCCNC(=O)[C@@H](CC)N(Cc1cccc(OC)c1)C(=O)CSCc1cccc(C)c1. The molecule has 31 heavy (non-hydrogen) atoms. The Morgan fingerprint density at radius 1 is 1.10 bits per heavy atom. The molecule has 0 heterocycles. The van der Waals surface area contributed by atoms with E-state index in [-0.39, 0.29) is 11.8 Å². The van der Waals surface area contributed by atoms with Gasteiger partial charge in [-0.05, 0) is 43.0 Å². The summed E-state index contributed by atoms with van der Waals surface area (Å²) in [5.74, 6) is 1.71. The van der Waals surface area contributed by atoms with Gasteiger partial charge in [-0.15, -0.1) is 11.8 Å². The summed E-state index contributed by atoms with van der Waals surface area (Å²) in [6.07, 6.45) is 1.42. The van der Waals surface area contributed by atoms with Crippen molar-refractivity contribution in [1.82, 2.24) is 10.2 Å². The summed E-state index contributed by atoms with van der Waals surface area (Å²) in [6.45, 7) is 7.01. The Balaban J connectivity index is 2.13. The lowest BCUT2D eigenvalue weighted by atomic mass is 10.1. The Kier molecular flexibility index (Phi) is 10.4. The first-order valence-corrected chi connectivity index (χ1v) is 12.0. The molecule has 0 aliphatic rings. The summed E-state index contributed by atoms with van der Waals surface area (Å²) >= 11 is 1.58. The summed E-state index contributed by atoms with van der Waals surface area (Å²) in [5, 5.41) is 2.95. The smallest absolute Gasteiger partial charge is 0.242 e. The summed E-state index contributed by atoms with van der Waals surface area (Å²) in [7, 11) is 1.62. The molecule has 0 radical (unpaired) electrons. The molecule has 2 amide bonds. The van der Waals surface area contributed by atoms with Crippen molar-refractivity contribution < 1.29 is 14.3 Å². The lowest BCUT2D eigenvalue weighted by molar-refractivity contribution is -0.139. The van der Waals surface area contributed by atoms with Crippen LogP contribution in [0.25, 0.3) is 0 Å². The van der Waals surface area contributed by atoms with E-state index in [9.17, 15) is 9.59 Å². The van der Waals surface area contributed by atoms with Crippen LogP contribution >= 0.6 is 11.8 Å². The first kappa shape index (κ1) is 24.8. The second kappa shape index (κ2) is 13.1. The van der Waals surface area contributed by atoms with Crippen LogP contribution in [0.1, 0.15) is 43.4 Å². The molecule has 5 nitrogen and oxygen atoms in total. The van der Waals surface area contributed by atoms with Gasteiger partial charge in [-0.1, -0.05) is 55.8 Å². The number of benzene rings is 2. The maximum atomic E-state index is 13.2. The summed E-state index contributed by atoms with van der Waals surface area (Å²) in [4.78, 5) is 27.7. The normalized spacial score (nSPS) is 11.6. The number of ether oxygens (including phenoxy) is 1. The van der Waals surface area contributed by atoms with E-state index in [4.69, 9.17) is 4.74 Å². The number of amides is 2. The zero-order chi connectivity index (χ0) is 22.6. The van der Waals surface area contributed by atoms with Crippen LogP contribution in [0.3, 0.4) is 0 Å². The molecular formula is C25H34N2O3S. The van der Waals surface area contributed by atoms with Crippen molar-refractivity contribution in [1.29, 1.82) is 0 Å². The molecule has 0 spiro atoms. The maximum Gasteiger partial charge on any atom is 0.242 e. The lowest BCUT2D eigenvalue weighted by Crippen LogP contribution is -2.49. The minimum absolute atomic E-state index is 0.0287. The fourth-order valence-electron chi connectivity index (χ4n) is 3.39. The number of hydrogen-bond donors (Lipinski definition) is 1. The number of methoxy groups -OCH3 is 1. The Labute approximate surface area is 190 Å². The van der Waals surface area contributed by atoms with Crippen molar-refractivity contribution in [3.63, 3.8) is 0 Å². The molecule has 0 bridgehead atoms. The molecule has 0 saturated heterocycles. The van der Waals surface area contributed by atoms with Gasteiger partial charge in [0.05, 0.1) is 12.9 Å². The highest BCUT2D eigenvalue weighted by atomic mass is 32.2. The Hall–Kier alpha value is -2.47. The molecule has 0 unspecified atom stereocenters. The van der Waals surface area contributed by atoms with Gasteiger partial charge in [-0.2, -0.15) is 0 Å². The van der Waals surface area contributed by atoms with E-state index in [0.717, 1.165) is 23.5 Å². The highest BCUT2D eigenvalue weighted by Gasteiger charge is 2.28. The van der Waals surface area contributed by atoms with Crippen molar-refractivity contribution in [2.45, 2.75) is 52.0 Å². The van der Waals surface area contributed by atoms with Crippen LogP contribution in [0, 0.1) is 6.92 Å². The average molecular weight is 443 g/mol. The van der Waals surface area contributed by atoms with Crippen LogP contribution in [0.4, 0.5) is 0 Å². The van der Waals surface area contributed by atoms with Gasteiger partial charge in [0, 0.05) is 18.8 Å². The van der Waals surface area contributed by atoms with Crippen molar-refractivity contribution in [2.75, 3.05) is 19.4 Å². The monoisotopic (exact) mass is 442 g/mol. The zero-order valence-electron chi connectivity index (χ0n) is 19.0. The highest BCUT2D eigenvalue weighted by Crippen LogP contribution is 2.20. The molecule has 0 aliphatic carbocycles. The van der Waals surface area contributed by atoms with Crippen molar-refractivity contribution in [2.24, 2.45) is 0 Å². The van der Waals surface area contributed by atoms with Crippen LogP contribution in [0.5, 0.6) is 5.75 Å². The number of carbonyl (C=O) groups excluding carboxylic acids is 2. The Morgan fingerprint density at radius 3 is 2.52 bits per heavy atom. The van der Waals surface area contributed by atoms with E-state index >= 15 is 0 Å². The number of carbonyl (C=O) groups is 2. The van der Waals surface area contributed by atoms with Gasteiger partial charge < -0.3 is 15.0 Å². The fourth-order valence-corrected chi connectivity index (χ4v) is 4.25. The standard InChI is InChI=1S/C25H34N2O3S/c1-5-13-26-25(29)23(6-2)27(16-20-10-8-12-22(15-20)30-4)24(28)18-31-17-21-11-7-9-19(3)14-21/h7-12,14-15,23H,5-6,13,16-18H2,1-4H3,(H,26,29)/t23-/m1/s1. The van der Waals surface area contributed by atoms with Gasteiger partial charge in [0.1, 0.15) is 11.8 Å². The largest absolute Gasteiger partial charge is 0.497 e. The van der Waals surface area contributed by atoms with E-state index in [1.165, 1.54) is 11.1 Å². The van der Waals surface area contributed by atoms with Crippen molar-refractivity contribution >= 4 is 23.6 Å². The van der Waals surface area contributed by atoms with E-state index in [2.05, 4.69) is 30.4 Å². The first-order valence-electron chi connectivity index (χ1n) is 10.8. The van der Waals surface area contributed by atoms with Gasteiger partial charge in [0.25, 0.3) is 0 Å². The number of aryl methyl sites for hydroxylation is 1. The second-order valence-corrected chi connectivity index (χ2v) is 8.56. The van der Waals surface area contributed by atoms with Crippen LogP contribution in [0.2, 0.25) is 0 Å². The first-order chi connectivity index (χ1) is 15.0. The summed E-state index contributed by atoms with van der Waals surface area (Å²) in [6, 6.07) is 15.5. The van der Waals surface area contributed by atoms with Crippen LogP contribution in [-0.2, 0) is 21.9 Å². The highest BCUT2D eigenvalue weighted by molar-refractivity contribution is 7.99. The summed E-state index contributed by atoms with van der Waals surface area (Å²) < 4.78 is 5.32. The predicted octanol–water partition coefficient (Wildman–Crippen LogP) is 4.57. The predicted molar refractivity (Wildman–Crippen MR) is 128 cm³/mol. The van der Waals surface area contributed by atoms with Crippen LogP contribution in [-0.4, -0.2) is 42.2 Å².